The molecule has 0 aromatic rings. The molecule has 0 N–H and O–H groups in total. The van der Waals surface area contributed by atoms with Crippen LogP contribution < -0.4 is 0 Å². The largest absolute Gasteiger partial charge is 0.415 e. The van der Waals surface area contributed by atoms with Crippen LogP contribution in [0.3, 0.4) is 0 Å². The Balaban J connectivity index is 2.37. The van der Waals surface area contributed by atoms with E-state index in [-0.39, 0.29) is 0 Å². The predicted octanol–water partition coefficient (Wildman–Crippen LogP) is 3.14. The van der Waals surface area contributed by atoms with E-state index in [0.29, 0.717) is 6.10 Å². The van der Waals surface area contributed by atoms with Crippen LogP contribution in [-0.2, 0) is 4.43 Å². The van der Waals surface area contributed by atoms with Gasteiger partial charge in [0.15, 0.2) is 8.32 Å². The zero-order chi connectivity index (χ0) is 11.7. The minimum Gasteiger partial charge on any atom is -0.415 e. The van der Waals surface area contributed by atoms with Gasteiger partial charge in [0, 0.05) is 6.10 Å². The predicted molar refractivity (Wildman–Crippen MR) is 72.4 cm³/mol. The smallest absolute Gasteiger partial charge is 0.184 e. The Morgan fingerprint density at radius 3 is 1.73 bits per heavy atom. The fourth-order valence-electron chi connectivity index (χ4n) is 2.14. The normalized spacial score (nSPS) is 22.0. The van der Waals surface area contributed by atoms with E-state index < -0.39 is 16.6 Å². The molecule has 1 aliphatic rings. The third-order valence-electron chi connectivity index (χ3n) is 2.91. The van der Waals surface area contributed by atoms with Gasteiger partial charge < -0.3 is 8.99 Å². The Hall–Kier alpha value is 0.354. The molecule has 15 heavy (non-hydrogen) atoms. The van der Waals surface area contributed by atoms with Gasteiger partial charge in [-0.3, -0.25) is 0 Å². The first-order chi connectivity index (χ1) is 6.68. The molecular formula is C11H27NOSi2. The minimum atomic E-state index is -1.32. The molecule has 0 amide bonds. The average Bonchev–Trinajstić information content (AvgIpc) is 2.00. The highest BCUT2D eigenvalue weighted by molar-refractivity contribution is 6.73. The van der Waals surface area contributed by atoms with Crippen LogP contribution in [0.5, 0.6) is 0 Å². The lowest BCUT2D eigenvalue weighted by atomic mass is 10.1. The first kappa shape index (κ1) is 13.4. The van der Waals surface area contributed by atoms with Gasteiger partial charge in [0.2, 0.25) is 0 Å². The van der Waals surface area contributed by atoms with Gasteiger partial charge in [-0.15, -0.1) is 0 Å². The van der Waals surface area contributed by atoms with E-state index in [9.17, 15) is 0 Å². The summed E-state index contributed by atoms with van der Waals surface area (Å²) in [5, 5.41) is 0. The summed E-state index contributed by atoms with van der Waals surface area (Å²) in [6.07, 6.45) is 3.03. The Labute approximate surface area is 97.2 Å². The van der Waals surface area contributed by atoms with Crippen LogP contribution in [0.4, 0.5) is 0 Å². The molecule has 0 saturated carbocycles. The molecule has 2 nitrogen and oxygen atoms in total. The molecule has 0 aliphatic carbocycles. The van der Waals surface area contributed by atoms with E-state index >= 15 is 0 Å². The SMILES string of the molecule is C[Si](C)(C)OC1CCN([Si](C)(C)C)CC1. The molecule has 0 atom stereocenters. The van der Waals surface area contributed by atoms with Crippen molar-refractivity contribution in [1.29, 1.82) is 0 Å². The van der Waals surface area contributed by atoms with Crippen LogP contribution in [0, 0.1) is 0 Å². The van der Waals surface area contributed by atoms with Crippen LogP contribution in [-0.4, -0.2) is 40.3 Å². The van der Waals surface area contributed by atoms with E-state index in [1.807, 2.05) is 0 Å². The number of nitrogens with zero attached hydrogens (tertiary/aromatic N) is 1. The highest BCUT2D eigenvalue weighted by Gasteiger charge is 2.30. The van der Waals surface area contributed by atoms with Gasteiger partial charge in [0.05, 0.1) is 0 Å². The molecule has 1 fully saturated rings. The van der Waals surface area contributed by atoms with E-state index in [4.69, 9.17) is 4.43 Å². The summed E-state index contributed by atoms with van der Waals surface area (Å²) in [4.78, 5) is 0. The lowest BCUT2D eigenvalue weighted by molar-refractivity contribution is 0.126. The summed E-state index contributed by atoms with van der Waals surface area (Å²) in [6.45, 7) is 16.7. The Morgan fingerprint density at radius 1 is 0.933 bits per heavy atom. The van der Waals surface area contributed by atoms with Gasteiger partial charge in [-0.05, 0) is 45.6 Å². The molecule has 0 aromatic heterocycles. The molecular weight excluding hydrogens is 218 g/mol. The van der Waals surface area contributed by atoms with Crippen molar-refractivity contribution in [2.45, 2.75) is 58.2 Å². The molecule has 0 spiro atoms. The lowest BCUT2D eigenvalue weighted by Crippen LogP contribution is -2.52. The van der Waals surface area contributed by atoms with Crippen LogP contribution in [0.1, 0.15) is 12.8 Å². The van der Waals surface area contributed by atoms with E-state index in [1.54, 1.807) is 0 Å². The maximum Gasteiger partial charge on any atom is 0.184 e. The molecule has 4 heteroatoms. The van der Waals surface area contributed by atoms with Gasteiger partial charge in [-0.1, -0.05) is 19.6 Å². The van der Waals surface area contributed by atoms with Crippen LogP contribution in [0.2, 0.25) is 39.3 Å². The lowest BCUT2D eigenvalue weighted by Gasteiger charge is -2.41. The van der Waals surface area contributed by atoms with Crippen molar-refractivity contribution in [2.24, 2.45) is 0 Å². The van der Waals surface area contributed by atoms with Crippen LogP contribution in [0.15, 0.2) is 0 Å². The van der Waals surface area contributed by atoms with Gasteiger partial charge in [-0.2, -0.15) is 0 Å². The topological polar surface area (TPSA) is 12.5 Å². The van der Waals surface area contributed by atoms with Gasteiger partial charge in [0.1, 0.15) is 8.24 Å². The second kappa shape index (κ2) is 4.69. The van der Waals surface area contributed by atoms with Crippen molar-refractivity contribution in [1.82, 2.24) is 4.57 Å². The van der Waals surface area contributed by atoms with Gasteiger partial charge in [-0.25, -0.2) is 0 Å². The van der Waals surface area contributed by atoms with Crippen molar-refractivity contribution >= 4 is 16.6 Å². The maximum atomic E-state index is 6.17. The summed E-state index contributed by atoms with van der Waals surface area (Å²) < 4.78 is 8.87. The van der Waals surface area contributed by atoms with E-state index in [2.05, 4.69) is 43.8 Å². The van der Waals surface area contributed by atoms with E-state index in [1.165, 1.54) is 25.9 Å². The number of hydrogen-bond acceptors (Lipinski definition) is 2. The maximum absolute atomic E-state index is 6.17. The third kappa shape index (κ3) is 4.80. The number of rotatable bonds is 3. The molecule has 90 valence electrons. The van der Waals surface area contributed by atoms with Crippen molar-refractivity contribution < 1.29 is 4.43 Å². The minimum absolute atomic E-state index is 0.546. The summed E-state index contributed by atoms with van der Waals surface area (Å²) in [5.41, 5.74) is 0. The van der Waals surface area contributed by atoms with Gasteiger partial charge >= 0.3 is 0 Å². The zero-order valence-electron chi connectivity index (χ0n) is 11.3. The first-order valence-electron chi connectivity index (χ1n) is 6.11. The molecule has 1 saturated heterocycles. The standard InChI is InChI=1S/C11H27NOSi2/c1-14(2,3)12-9-7-11(8-10-12)13-15(4,5)6/h11H,7-10H2,1-6H3. The van der Waals surface area contributed by atoms with Crippen molar-refractivity contribution in [3.8, 4) is 0 Å². The molecule has 0 unspecified atom stereocenters. The average molecular weight is 246 g/mol. The number of piperidine rings is 1. The summed E-state index contributed by atoms with van der Waals surface area (Å²) >= 11 is 0. The fourth-order valence-corrected chi connectivity index (χ4v) is 4.98. The Kier molecular flexibility index (Phi) is 4.20. The summed E-state index contributed by atoms with van der Waals surface area (Å²) in [7, 11) is -2.38. The Bertz CT molecular complexity index is 200. The van der Waals surface area contributed by atoms with Crippen molar-refractivity contribution in [3.63, 3.8) is 0 Å². The quantitative estimate of drug-likeness (QED) is 0.708. The molecule has 1 aliphatic heterocycles. The molecule has 0 radical (unpaired) electrons. The highest BCUT2D eigenvalue weighted by Crippen LogP contribution is 2.22. The second-order valence-electron chi connectivity index (χ2n) is 6.59. The summed E-state index contributed by atoms with van der Waals surface area (Å²) in [6, 6.07) is 0. The van der Waals surface area contributed by atoms with Crippen molar-refractivity contribution in [2.75, 3.05) is 13.1 Å². The molecule has 0 aromatic carbocycles. The first-order valence-corrected chi connectivity index (χ1v) is 13.0. The monoisotopic (exact) mass is 245 g/mol. The van der Waals surface area contributed by atoms with E-state index in [0.717, 1.165) is 0 Å². The zero-order valence-corrected chi connectivity index (χ0v) is 13.3. The molecule has 0 bridgehead atoms. The highest BCUT2D eigenvalue weighted by atomic mass is 28.4. The van der Waals surface area contributed by atoms with Crippen LogP contribution in [0.25, 0.3) is 0 Å². The third-order valence-corrected chi connectivity index (χ3v) is 6.30. The molecule has 1 rings (SSSR count). The fraction of sp³-hybridized carbons (Fsp3) is 1.00. The Morgan fingerprint density at radius 2 is 1.40 bits per heavy atom. The molecule has 1 heterocycles. The number of hydrogen-bond donors (Lipinski definition) is 0. The second-order valence-corrected chi connectivity index (χ2v) is 16.0. The van der Waals surface area contributed by atoms with Crippen LogP contribution >= 0.6 is 0 Å². The summed E-state index contributed by atoms with van der Waals surface area (Å²) in [5.74, 6) is 0. The van der Waals surface area contributed by atoms with Gasteiger partial charge in [0.25, 0.3) is 0 Å². The van der Waals surface area contributed by atoms with Crippen molar-refractivity contribution in [3.05, 3.63) is 0 Å².